The Balaban J connectivity index is 0.000000244. The molecule has 0 heterocycles. The minimum atomic E-state index is -3.00. The Morgan fingerprint density at radius 3 is 1.03 bits per heavy atom. The van der Waals surface area contributed by atoms with Gasteiger partial charge in [-0.15, -0.1) is 0 Å². The van der Waals surface area contributed by atoms with Gasteiger partial charge in [0.1, 0.15) is 29.1 Å². The van der Waals surface area contributed by atoms with Gasteiger partial charge >= 0.3 is 53.7 Å². The third kappa shape index (κ3) is 28.3. The maximum absolute atomic E-state index is 12.9. The number of nitrogens with one attached hydrogen (secondary N) is 4. The number of methoxy groups -OCH3 is 4. The number of nitro benzene ring substituents is 1. The molecular formula is C88H81BCl4N9NaO15Si. The number of hydrogen-bond acceptors (Lipinski definition) is 17. The first-order valence-corrected chi connectivity index (χ1v) is 39.9. The number of anilines is 3. The normalized spacial score (nSPS) is 11.3. The molecule has 0 bridgehead atoms. The smallest absolute Gasteiger partial charge is 0.496 e. The molecule has 0 aliphatic carbocycles. The number of carbonyl (C=O) groups excluding carboxylic acids is 8. The second kappa shape index (κ2) is 45.7. The molecule has 0 fully saturated rings. The van der Waals surface area contributed by atoms with Crippen molar-refractivity contribution in [2.24, 2.45) is 16.1 Å². The van der Waals surface area contributed by atoms with Crippen molar-refractivity contribution in [2.75, 3.05) is 44.8 Å². The van der Waals surface area contributed by atoms with E-state index in [0.717, 1.165) is 38.9 Å². The molecule has 0 aliphatic rings. The summed E-state index contributed by atoms with van der Waals surface area (Å²) < 4.78 is 57.8. The standard InChI is InChI=1S/C22H20ClN3O4.C22H18ClN3O4.C20H14ClNO4.C20H16ClNO2.C4H9NOSi.BH4.Na/c2*1-30-19-10-7-15(12-18(19)14-3-2-4-16(23)11-14)20(27)13-5-8-17(9-6-13)25-22(29)26-21(24)28;1-26-19-10-7-15(12-18(19)14-3-2-4-16(21)11-14)20(23)13-5-8-17(9-6-13)22(24)25;1-24-19-10-7-15(20(23)13-5-8-17(22)9-6-13)12-18(19)14-3-2-4-16(21)11-14;1-7(2,3)5-4-6;;/h2-12,20,27H,1H3,(H4,24,25,26,28,29);2-12H,1H3,(H4,24,25,26,28,29);2-12H,1H3;2-12H,22H2,1H3;1-3H3;1H4;/q;;;;;-1;+1/i20D;;;;;1D4;. The molecule has 604 valence electrons. The molecule has 0 radical (unpaired) electrons. The average Bonchev–Trinajstić information content (AvgIpc) is 0.778. The molecule has 8 amide bonds. The molecule has 0 saturated heterocycles. The Labute approximate surface area is 737 Å². The van der Waals surface area contributed by atoms with Gasteiger partial charge in [-0.2, -0.15) is 0 Å². The van der Waals surface area contributed by atoms with Gasteiger partial charge in [-0.05, 0) is 241 Å². The molecule has 31 heteroatoms. The Kier molecular flexibility index (Phi) is 33.5. The summed E-state index contributed by atoms with van der Waals surface area (Å²) >= 11 is 24.4. The largest absolute Gasteiger partial charge is 1.00 e. The van der Waals surface area contributed by atoms with Crippen molar-refractivity contribution in [1.82, 2.24) is 10.6 Å². The van der Waals surface area contributed by atoms with Crippen LogP contribution in [0.3, 0.4) is 0 Å². The molecule has 0 spiro atoms. The number of non-ortho nitro benzene ring substituents is 1. The Hall–Kier alpha value is -12.7. The predicted octanol–water partition coefficient (Wildman–Crippen LogP) is 15.4. The van der Waals surface area contributed by atoms with Crippen LogP contribution in [0, 0.1) is 10.1 Å². The maximum atomic E-state index is 12.9. The van der Waals surface area contributed by atoms with Crippen molar-refractivity contribution in [2.45, 2.75) is 25.7 Å². The molecule has 12 rings (SSSR count). The zero-order valence-electron chi connectivity index (χ0n) is 70.3. The van der Waals surface area contributed by atoms with Crippen molar-refractivity contribution >= 4 is 133 Å². The van der Waals surface area contributed by atoms with Crippen LogP contribution in [0.5, 0.6) is 23.0 Å². The summed E-state index contributed by atoms with van der Waals surface area (Å²) in [5, 5.41) is 32.7. The van der Waals surface area contributed by atoms with Gasteiger partial charge in [0.05, 0.1) is 34.7 Å². The van der Waals surface area contributed by atoms with Gasteiger partial charge in [0.2, 0.25) is 6.08 Å². The quantitative estimate of drug-likeness (QED) is 0.00668. The third-order valence-electron chi connectivity index (χ3n) is 16.6. The number of isocyanates is 1. The number of urea groups is 4. The van der Waals surface area contributed by atoms with Crippen molar-refractivity contribution in [3.05, 3.63) is 342 Å². The number of aliphatic hydroxyl groups is 1. The topological polar surface area (TPSA) is 375 Å². The van der Waals surface area contributed by atoms with E-state index in [2.05, 4.69) is 15.3 Å². The number of primary amides is 2. The van der Waals surface area contributed by atoms with Gasteiger partial charge in [0, 0.05) is 105 Å². The van der Waals surface area contributed by atoms with E-state index in [9.17, 15) is 53.6 Å². The molecule has 12 aromatic carbocycles. The molecule has 1 unspecified atom stereocenters. The van der Waals surface area contributed by atoms with Crippen LogP contribution in [0.2, 0.25) is 39.7 Å². The van der Waals surface area contributed by atoms with E-state index in [4.69, 9.17) is 89.3 Å². The minimum absolute atomic E-state index is 0. The van der Waals surface area contributed by atoms with Crippen LogP contribution >= 0.6 is 46.4 Å². The predicted molar refractivity (Wildman–Crippen MR) is 471 cm³/mol. The van der Waals surface area contributed by atoms with Gasteiger partial charge in [-0.1, -0.05) is 121 Å². The molecule has 0 saturated carbocycles. The molecule has 0 aromatic heterocycles. The van der Waals surface area contributed by atoms with Gasteiger partial charge in [-0.3, -0.25) is 35.1 Å². The van der Waals surface area contributed by atoms with Crippen LogP contribution in [-0.4, -0.2) is 108 Å². The van der Waals surface area contributed by atoms with E-state index in [1.54, 1.807) is 191 Å². The number of nitro groups is 1. The van der Waals surface area contributed by atoms with Crippen molar-refractivity contribution in [3.8, 4) is 67.5 Å². The van der Waals surface area contributed by atoms with Gasteiger partial charge in [0.15, 0.2) is 25.6 Å². The summed E-state index contributed by atoms with van der Waals surface area (Å²) in [5.41, 5.74) is 26.6. The second-order valence-corrected chi connectivity index (χ2v) is 32.2. The number of amides is 8. The molecule has 119 heavy (non-hydrogen) atoms. The Bertz CT molecular complexity index is 5860. The van der Waals surface area contributed by atoms with Gasteiger partial charge < -0.3 is 51.9 Å². The van der Waals surface area contributed by atoms with Gasteiger partial charge in [0.25, 0.3) is 5.69 Å². The fraction of sp³-hybridized carbons (Fsp3) is 0.0909. The molecule has 0 aliphatic heterocycles. The SMILES string of the molecule is COc1ccc(C(=O)c2ccc(N)cc2)cc1-c1cccc(Cl)c1.COc1ccc(C(=O)c2ccc(NC(=O)NC(N)=O)cc2)cc1-c1cccc(Cl)c1.COc1ccc(C(=O)c2ccc([N+](=O)[O-])cc2)cc1-c1cccc(Cl)c1.C[Si](C)(C)N=C=O.[2H]C(O)(c1ccc(NC(=O)NC(N)=O)cc1)c1ccc(OC)c(-c2cccc(Cl)c2)c1.[2H][B-]([2H])([2H])[2H].[Na+]. The minimum Gasteiger partial charge on any atom is -0.496 e. The zero-order valence-corrected chi connectivity index (χ0v) is 71.3. The first kappa shape index (κ1) is 87.2. The first-order chi connectivity index (χ1) is 58.2. The molecule has 12 aromatic rings. The van der Waals surface area contributed by atoms with Crippen molar-refractivity contribution in [1.29, 1.82) is 5.34 Å². The van der Waals surface area contributed by atoms with E-state index >= 15 is 0 Å². The van der Waals surface area contributed by atoms with Crippen LogP contribution in [0.4, 0.5) is 41.9 Å². The number of imide groups is 2. The third-order valence-corrected chi connectivity index (χ3v) is 18.3. The monoisotopic (exact) mass is 1710 g/mol. The fourth-order valence-electron chi connectivity index (χ4n) is 11.1. The van der Waals surface area contributed by atoms with E-state index in [1.807, 2.05) is 84.9 Å². The summed E-state index contributed by atoms with van der Waals surface area (Å²) in [6.45, 7) is 5.95. The number of ether oxygens (including phenoxy) is 4. The number of ketones is 3. The summed E-state index contributed by atoms with van der Waals surface area (Å²) in [5.74, 6) is 2.00. The summed E-state index contributed by atoms with van der Waals surface area (Å²) in [6, 6.07) is 70.9. The first-order valence-electron chi connectivity index (χ1n) is 37.8. The number of nitrogen functional groups attached to an aromatic ring is 1. The Morgan fingerprint density at radius 2 is 0.748 bits per heavy atom. The average molecular weight is 1710 g/mol. The van der Waals surface area contributed by atoms with Crippen molar-refractivity contribution in [3.63, 3.8) is 0 Å². The fourth-order valence-corrected chi connectivity index (χ4v) is 12.1. The van der Waals surface area contributed by atoms with Crippen LogP contribution in [-0.2, 0) is 4.79 Å². The van der Waals surface area contributed by atoms with Crippen molar-refractivity contribution < 1.29 is 98.3 Å². The summed E-state index contributed by atoms with van der Waals surface area (Å²) in [7, 11) is 1.80. The van der Waals surface area contributed by atoms with E-state index in [1.165, 1.54) is 55.6 Å². The number of hydrogen-bond donors (Lipinski definition) is 8. The second-order valence-electron chi connectivity index (χ2n) is 25.9. The number of carbonyl (C=O) groups is 7. The maximum Gasteiger partial charge on any atom is 1.00 e. The number of halogens is 4. The molecular weight excluding hydrogens is 1630 g/mol. The number of benzene rings is 12. The molecule has 1 atom stereocenters. The van der Waals surface area contributed by atoms with E-state index in [0.29, 0.717) is 105 Å². The van der Waals surface area contributed by atoms with E-state index < -0.39 is 51.6 Å². The number of nitrogens with zero attached hydrogens (tertiary/aromatic N) is 2. The summed E-state index contributed by atoms with van der Waals surface area (Å²) in [6.07, 6.45) is -0.531. The van der Waals surface area contributed by atoms with Crippen LogP contribution in [0.1, 0.15) is 66.3 Å². The molecule has 11 N–H and O–H groups in total. The van der Waals surface area contributed by atoms with Crippen LogP contribution in [0.25, 0.3) is 44.5 Å². The van der Waals surface area contributed by atoms with Gasteiger partial charge in [-0.25, -0.2) is 34.0 Å². The number of rotatable bonds is 20. The molecule has 24 nitrogen and oxygen atoms in total. The van der Waals surface area contributed by atoms with Crippen LogP contribution in [0.15, 0.2) is 272 Å². The van der Waals surface area contributed by atoms with E-state index in [-0.39, 0.29) is 58.2 Å². The zero-order chi connectivity index (χ0) is 90.5. The Morgan fingerprint density at radius 1 is 0.462 bits per heavy atom. The van der Waals surface area contributed by atoms with Crippen LogP contribution < -0.4 is 87.0 Å². The summed E-state index contributed by atoms with van der Waals surface area (Å²) in [4.78, 5) is 103. The number of nitrogens with two attached hydrogens (primary N) is 3.